The molecule has 0 radical (unpaired) electrons. The van der Waals surface area contributed by atoms with Crippen molar-refractivity contribution in [2.45, 2.75) is 30.7 Å². The Bertz CT molecular complexity index is 639. The molecule has 1 fully saturated rings. The van der Waals surface area contributed by atoms with Gasteiger partial charge in [0.15, 0.2) is 5.69 Å². The Labute approximate surface area is 126 Å². The number of rotatable bonds is 3. The second-order valence-electron chi connectivity index (χ2n) is 5.26. The third kappa shape index (κ3) is 3.23. The molecule has 0 amide bonds. The highest BCUT2D eigenvalue weighted by Gasteiger charge is 2.34. The van der Waals surface area contributed by atoms with Crippen molar-refractivity contribution in [2.75, 3.05) is 26.7 Å². The normalized spacial score (nSPS) is 21.7. The fourth-order valence-electron chi connectivity index (χ4n) is 2.68. The molecule has 21 heavy (non-hydrogen) atoms. The first kappa shape index (κ1) is 15.9. The number of nitriles is 1. The molecule has 1 aromatic heterocycles. The summed E-state index contributed by atoms with van der Waals surface area (Å²) in [7, 11) is -1.69. The van der Waals surface area contributed by atoms with E-state index in [-0.39, 0.29) is 16.6 Å². The molecule has 114 valence electrons. The number of likely N-dealkylation sites (N-methyl/N-ethyl adjacent to an activating group) is 1. The Morgan fingerprint density at radius 1 is 1.48 bits per heavy atom. The highest BCUT2D eigenvalue weighted by molar-refractivity contribution is 7.89. The zero-order chi connectivity index (χ0) is 15.5. The van der Waals surface area contributed by atoms with Crippen molar-refractivity contribution in [3.63, 3.8) is 0 Å². The largest absolute Gasteiger partial charge is 0.305 e. The van der Waals surface area contributed by atoms with Crippen molar-refractivity contribution in [3.05, 3.63) is 24.0 Å². The molecule has 0 spiro atoms. The molecular weight excluding hydrogens is 288 g/mol. The molecule has 1 aromatic rings. The molecule has 1 unspecified atom stereocenters. The van der Waals surface area contributed by atoms with Crippen LogP contribution in [-0.2, 0) is 10.0 Å². The second kappa shape index (κ2) is 6.52. The van der Waals surface area contributed by atoms with Crippen molar-refractivity contribution >= 4 is 10.0 Å². The maximum absolute atomic E-state index is 12.9. The van der Waals surface area contributed by atoms with Gasteiger partial charge in [0.2, 0.25) is 10.0 Å². The average molecular weight is 308 g/mol. The smallest absolute Gasteiger partial charge is 0.246 e. The summed E-state index contributed by atoms with van der Waals surface area (Å²) in [5.41, 5.74) is -0.0371. The van der Waals surface area contributed by atoms with Crippen LogP contribution in [0.5, 0.6) is 0 Å². The monoisotopic (exact) mass is 308 g/mol. The molecule has 2 rings (SSSR count). The van der Waals surface area contributed by atoms with Crippen molar-refractivity contribution in [1.82, 2.24) is 14.2 Å². The van der Waals surface area contributed by atoms with Gasteiger partial charge in [-0.25, -0.2) is 13.4 Å². The van der Waals surface area contributed by atoms with Crippen LogP contribution in [0.1, 0.15) is 25.5 Å². The minimum Gasteiger partial charge on any atom is -0.305 e. The minimum absolute atomic E-state index is 0.00973. The molecule has 0 saturated carbocycles. The Balaban J connectivity index is 2.44. The molecule has 7 heteroatoms. The standard InChI is InChI=1S/C14H20N4O2S/c1-3-12-11-17(2)8-5-9-18(12)21(19,20)14-6-4-7-16-13(14)10-15/h4,6-7,12H,3,5,8-9,11H2,1-2H3. The zero-order valence-corrected chi connectivity index (χ0v) is 13.2. The van der Waals surface area contributed by atoms with Gasteiger partial charge in [0.1, 0.15) is 11.0 Å². The predicted molar refractivity (Wildman–Crippen MR) is 79.0 cm³/mol. The lowest BCUT2D eigenvalue weighted by Crippen LogP contribution is -2.43. The van der Waals surface area contributed by atoms with Gasteiger partial charge < -0.3 is 4.90 Å². The molecule has 0 aromatic carbocycles. The van der Waals surface area contributed by atoms with Gasteiger partial charge >= 0.3 is 0 Å². The van der Waals surface area contributed by atoms with Gasteiger partial charge in [-0.1, -0.05) is 6.92 Å². The van der Waals surface area contributed by atoms with E-state index in [9.17, 15) is 8.42 Å². The second-order valence-corrected chi connectivity index (χ2v) is 7.11. The first-order valence-electron chi connectivity index (χ1n) is 7.06. The van der Waals surface area contributed by atoms with Crippen LogP contribution in [0.3, 0.4) is 0 Å². The maximum atomic E-state index is 12.9. The number of sulfonamides is 1. The lowest BCUT2D eigenvalue weighted by molar-refractivity contribution is 0.270. The summed E-state index contributed by atoms with van der Waals surface area (Å²) in [6, 6.07) is 4.81. The van der Waals surface area contributed by atoms with Crippen LogP contribution in [0.4, 0.5) is 0 Å². The Morgan fingerprint density at radius 3 is 2.90 bits per heavy atom. The SMILES string of the molecule is CCC1CN(C)CCCN1S(=O)(=O)c1cccnc1C#N. The molecule has 0 bridgehead atoms. The highest BCUT2D eigenvalue weighted by atomic mass is 32.2. The van der Waals surface area contributed by atoms with Crippen LogP contribution in [0.2, 0.25) is 0 Å². The number of pyridine rings is 1. The number of hydrogen-bond acceptors (Lipinski definition) is 5. The molecule has 1 atom stereocenters. The van der Waals surface area contributed by atoms with Crippen LogP contribution < -0.4 is 0 Å². The van der Waals surface area contributed by atoms with E-state index in [1.54, 1.807) is 6.07 Å². The quantitative estimate of drug-likeness (QED) is 0.834. The van der Waals surface area contributed by atoms with E-state index in [2.05, 4.69) is 9.88 Å². The summed E-state index contributed by atoms with van der Waals surface area (Å²) in [5, 5.41) is 9.10. The van der Waals surface area contributed by atoms with Gasteiger partial charge in [0.25, 0.3) is 0 Å². The summed E-state index contributed by atoms with van der Waals surface area (Å²) in [5.74, 6) is 0. The van der Waals surface area contributed by atoms with Gasteiger partial charge in [-0.2, -0.15) is 9.57 Å². The van der Waals surface area contributed by atoms with Crippen molar-refractivity contribution in [2.24, 2.45) is 0 Å². The van der Waals surface area contributed by atoms with Gasteiger partial charge in [0, 0.05) is 25.3 Å². The summed E-state index contributed by atoms with van der Waals surface area (Å²) in [6.07, 6.45) is 2.96. The van der Waals surface area contributed by atoms with E-state index < -0.39 is 10.0 Å². The van der Waals surface area contributed by atoms with E-state index >= 15 is 0 Å². The molecule has 1 saturated heterocycles. The molecule has 0 aliphatic carbocycles. The molecule has 6 nitrogen and oxygen atoms in total. The summed E-state index contributed by atoms with van der Waals surface area (Å²) < 4.78 is 27.4. The molecular formula is C14H20N4O2S. The Kier molecular flexibility index (Phi) is 4.93. The van der Waals surface area contributed by atoms with Crippen LogP contribution in [0.15, 0.2) is 23.2 Å². The van der Waals surface area contributed by atoms with E-state index in [1.807, 2.05) is 20.0 Å². The van der Waals surface area contributed by atoms with Crippen LogP contribution in [-0.4, -0.2) is 55.3 Å². The third-order valence-corrected chi connectivity index (χ3v) is 5.77. The van der Waals surface area contributed by atoms with Crippen LogP contribution in [0, 0.1) is 11.3 Å². The Morgan fingerprint density at radius 2 is 2.24 bits per heavy atom. The molecule has 2 heterocycles. The number of aromatic nitrogens is 1. The average Bonchev–Trinajstić information content (AvgIpc) is 2.68. The maximum Gasteiger partial charge on any atom is 0.246 e. The third-order valence-electron chi connectivity index (χ3n) is 3.78. The van der Waals surface area contributed by atoms with Crippen LogP contribution in [0.25, 0.3) is 0 Å². The van der Waals surface area contributed by atoms with Crippen molar-refractivity contribution in [1.29, 1.82) is 5.26 Å². The van der Waals surface area contributed by atoms with Gasteiger partial charge in [-0.3, -0.25) is 0 Å². The highest BCUT2D eigenvalue weighted by Crippen LogP contribution is 2.24. The lowest BCUT2D eigenvalue weighted by atomic mass is 10.2. The molecule has 1 aliphatic rings. The van der Waals surface area contributed by atoms with E-state index in [1.165, 1.54) is 16.6 Å². The van der Waals surface area contributed by atoms with Gasteiger partial charge in [0.05, 0.1) is 0 Å². The number of hydrogen-bond donors (Lipinski definition) is 0. The first-order valence-corrected chi connectivity index (χ1v) is 8.50. The lowest BCUT2D eigenvalue weighted by Gasteiger charge is -2.29. The summed E-state index contributed by atoms with van der Waals surface area (Å²) in [4.78, 5) is 6.03. The van der Waals surface area contributed by atoms with Crippen LogP contribution >= 0.6 is 0 Å². The fraction of sp³-hybridized carbons (Fsp3) is 0.571. The zero-order valence-electron chi connectivity index (χ0n) is 12.4. The first-order chi connectivity index (χ1) is 10.0. The van der Waals surface area contributed by atoms with Crippen molar-refractivity contribution in [3.8, 4) is 6.07 Å². The molecule has 0 N–H and O–H groups in total. The summed E-state index contributed by atoms with van der Waals surface area (Å²) in [6.45, 7) is 4.05. The Hall–Kier alpha value is -1.49. The topological polar surface area (TPSA) is 77.3 Å². The minimum atomic E-state index is -3.69. The van der Waals surface area contributed by atoms with E-state index in [0.717, 1.165) is 19.4 Å². The molecule has 1 aliphatic heterocycles. The van der Waals surface area contributed by atoms with E-state index in [4.69, 9.17) is 5.26 Å². The summed E-state index contributed by atoms with van der Waals surface area (Å²) >= 11 is 0. The predicted octanol–water partition coefficient (Wildman–Crippen LogP) is 1.06. The fourth-order valence-corrected chi connectivity index (χ4v) is 4.50. The van der Waals surface area contributed by atoms with E-state index in [0.29, 0.717) is 13.1 Å². The van der Waals surface area contributed by atoms with Crippen molar-refractivity contribution < 1.29 is 8.42 Å². The van der Waals surface area contributed by atoms with Gasteiger partial charge in [-0.15, -0.1) is 0 Å². The van der Waals surface area contributed by atoms with Gasteiger partial charge in [-0.05, 0) is 38.6 Å². The number of nitrogens with zero attached hydrogens (tertiary/aromatic N) is 4.